The molecule has 1 saturated carbocycles. The fourth-order valence-electron chi connectivity index (χ4n) is 4.61. The number of aliphatic hydroxyl groups is 1. The van der Waals surface area contributed by atoms with Gasteiger partial charge in [0.1, 0.15) is 11.6 Å². The maximum Gasteiger partial charge on any atom is 0.126 e. The van der Waals surface area contributed by atoms with Crippen LogP contribution in [-0.2, 0) is 17.4 Å². The van der Waals surface area contributed by atoms with Gasteiger partial charge in [0.2, 0.25) is 0 Å². The molecular weight excluding hydrogens is 406 g/mol. The zero-order valence-electron chi connectivity index (χ0n) is 19.4. The quantitative estimate of drug-likeness (QED) is 0.523. The lowest BCUT2D eigenvalue weighted by atomic mass is 9.73. The van der Waals surface area contributed by atoms with Crippen molar-refractivity contribution in [1.82, 2.24) is 5.32 Å². The molecule has 0 saturated heterocycles. The molecule has 0 aliphatic heterocycles. The summed E-state index contributed by atoms with van der Waals surface area (Å²) >= 11 is 0. The fourth-order valence-corrected chi connectivity index (χ4v) is 4.61. The Labute approximate surface area is 190 Å². The van der Waals surface area contributed by atoms with Crippen LogP contribution in [0, 0.1) is 11.6 Å². The highest BCUT2D eigenvalue weighted by atomic mass is 19.1. The molecule has 3 nitrogen and oxygen atoms in total. The molecule has 0 aromatic heterocycles. The number of hydrogen-bond acceptors (Lipinski definition) is 3. The lowest BCUT2D eigenvalue weighted by molar-refractivity contribution is 0.121. The fraction of sp³-hybridized carbons (Fsp3) is 0.481. The summed E-state index contributed by atoms with van der Waals surface area (Å²) in [6.07, 6.45) is 3.11. The van der Waals surface area contributed by atoms with Gasteiger partial charge in [-0.2, -0.15) is 0 Å². The zero-order chi connectivity index (χ0) is 23.5. The highest BCUT2D eigenvalue weighted by Gasteiger charge is 2.36. The molecule has 1 aliphatic carbocycles. The third-order valence-corrected chi connectivity index (χ3v) is 6.50. The van der Waals surface area contributed by atoms with Gasteiger partial charge in [-0.05, 0) is 66.3 Å². The molecule has 2 aromatic carbocycles. The molecule has 1 fully saturated rings. The topological polar surface area (TPSA) is 58.3 Å². The lowest BCUT2D eigenvalue weighted by Gasteiger charge is -2.41. The van der Waals surface area contributed by atoms with Gasteiger partial charge in [0, 0.05) is 24.2 Å². The molecule has 3 rings (SSSR count). The molecule has 174 valence electrons. The van der Waals surface area contributed by atoms with Crippen LogP contribution in [0.4, 0.5) is 8.78 Å². The van der Waals surface area contributed by atoms with E-state index in [4.69, 9.17) is 5.73 Å². The Bertz CT molecular complexity index is 933. The average Bonchev–Trinajstić information content (AvgIpc) is 2.70. The summed E-state index contributed by atoms with van der Waals surface area (Å²) in [5.41, 5.74) is 10.0. The van der Waals surface area contributed by atoms with Crippen LogP contribution in [0.1, 0.15) is 63.1 Å². The van der Waals surface area contributed by atoms with Gasteiger partial charge >= 0.3 is 0 Å². The van der Waals surface area contributed by atoms with Gasteiger partial charge in [0.15, 0.2) is 0 Å². The van der Waals surface area contributed by atoms with E-state index in [1.54, 1.807) is 0 Å². The summed E-state index contributed by atoms with van der Waals surface area (Å²) < 4.78 is 27.0. The van der Waals surface area contributed by atoms with Crippen molar-refractivity contribution in [2.45, 2.75) is 76.0 Å². The van der Waals surface area contributed by atoms with Crippen LogP contribution in [0.25, 0.3) is 0 Å². The van der Waals surface area contributed by atoms with Gasteiger partial charge in [-0.15, -0.1) is 0 Å². The zero-order valence-corrected chi connectivity index (χ0v) is 19.4. The minimum absolute atomic E-state index is 0.0327. The maximum atomic E-state index is 13.5. The van der Waals surface area contributed by atoms with Crippen LogP contribution in [0.15, 0.2) is 54.6 Å². The number of nitrogens with one attached hydrogen (secondary N) is 1. The van der Waals surface area contributed by atoms with Gasteiger partial charge in [-0.25, -0.2) is 8.78 Å². The summed E-state index contributed by atoms with van der Waals surface area (Å²) in [6, 6.07) is 11.3. The molecule has 1 aliphatic rings. The number of benzene rings is 2. The standard InChI is InChI=1S/C27H36F2N2O/c1-18-7-6-10-27(16-18,21-9-5-8-20(14-21)26(2,3)4)31-17-25(32)24(30)13-19-11-22(28)15-23(29)12-19/h5,8-9,11-12,14-15,24-25,31-32H,1,6-7,10,13,16-17,30H2,2-4H3. The van der Waals surface area contributed by atoms with E-state index in [0.717, 1.165) is 31.7 Å². The summed E-state index contributed by atoms with van der Waals surface area (Å²) in [5.74, 6) is -1.28. The molecule has 3 unspecified atom stereocenters. The maximum absolute atomic E-state index is 13.5. The molecule has 0 radical (unpaired) electrons. The van der Waals surface area contributed by atoms with Gasteiger partial charge in [0.25, 0.3) is 0 Å². The first kappa shape index (κ1) is 24.6. The largest absolute Gasteiger partial charge is 0.390 e. The Morgan fingerprint density at radius 2 is 1.84 bits per heavy atom. The van der Waals surface area contributed by atoms with Crippen LogP contribution >= 0.6 is 0 Å². The highest BCUT2D eigenvalue weighted by Crippen LogP contribution is 2.40. The van der Waals surface area contributed by atoms with Crippen molar-refractivity contribution in [3.05, 3.63) is 82.9 Å². The molecule has 4 N–H and O–H groups in total. The van der Waals surface area contributed by atoms with Crippen LogP contribution in [-0.4, -0.2) is 23.8 Å². The Kier molecular flexibility index (Phi) is 7.53. The second kappa shape index (κ2) is 9.82. The Morgan fingerprint density at radius 1 is 1.16 bits per heavy atom. The summed E-state index contributed by atoms with van der Waals surface area (Å²) in [6.45, 7) is 11.1. The molecule has 0 bridgehead atoms. The number of aliphatic hydroxyl groups excluding tert-OH is 1. The van der Waals surface area contributed by atoms with E-state index < -0.39 is 23.8 Å². The predicted molar refractivity (Wildman–Crippen MR) is 126 cm³/mol. The van der Waals surface area contributed by atoms with Gasteiger partial charge in [0.05, 0.1) is 6.10 Å². The van der Waals surface area contributed by atoms with Crippen molar-refractivity contribution in [3.8, 4) is 0 Å². The normalized spacial score (nSPS) is 21.4. The van der Waals surface area contributed by atoms with E-state index in [-0.39, 0.29) is 23.9 Å². The van der Waals surface area contributed by atoms with Crippen LogP contribution < -0.4 is 11.1 Å². The van der Waals surface area contributed by atoms with Crippen molar-refractivity contribution in [1.29, 1.82) is 0 Å². The molecule has 0 heterocycles. The lowest BCUT2D eigenvalue weighted by Crippen LogP contribution is -2.51. The van der Waals surface area contributed by atoms with E-state index in [9.17, 15) is 13.9 Å². The van der Waals surface area contributed by atoms with Gasteiger partial charge in [-0.1, -0.05) is 57.2 Å². The minimum atomic E-state index is -0.862. The third kappa shape index (κ3) is 6.03. The minimum Gasteiger partial charge on any atom is -0.390 e. The number of nitrogens with two attached hydrogens (primary N) is 1. The highest BCUT2D eigenvalue weighted by molar-refractivity contribution is 5.35. The van der Waals surface area contributed by atoms with E-state index >= 15 is 0 Å². The number of halogens is 2. The van der Waals surface area contributed by atoms with E-state index in [2.05, 4.69) is 56.9 Å². The predicted octanol–water partition coefficient (Wildman–Crippen LogP) is 5.11. The van der Waals surface area contributed by atoms with Gasteiger partial charge < -0.3 is 16.2 Å². The number of rotatable bonds is 7. The van der Waals surface area contributed by atoms with E-state index in [1.807, 2.05) is 0 Å². The van der Waals surface area contributed by atoms with Crippen molar-refractivity contribution in [2.75, 3.05) is 6.54 Å². The van der Waals surface area contributed by atoms with Crippen LogP contribution in [0.5, 0.6) is 0 Å². The third-order valence-electron chi connectivity index (χ3n) is 6.50. The SMILES string of the molecule is C=C1CCCC(NCC(O)C(N)Cc2cc(F)cc(F)c2)(c2cccc(C(C)(C)C)c2)C1. The first-order valence-electron chi connectivity index (χ1n) is 11.4. The Balaban J connectivity index is 1.77. The molecule has 3 atom stereocenters. The average molecular weight is 443 g/mol. The Hall–Kier alpha value is -2.08. The monoisotopic (exact) mass is 442 g/mol. The van der Waals surface area contributed by atoms with Crippen LogP contribution in [0.3, 0.4) is 0 Å². The summed E-state index contributed by atoms with van der Waals surface area (Å²) in [5, 5.41) is 14.4. The van der Waals surface area contributed by atoms with Crippen molar-refractivity contribution in [2.24, 2.45) is 5.73 Å². The van der Waals surface area contributed by atoms with E-state index in [0.29, 0.717) is 5.56 Å². The first-order valence-corrected chi connectivity index (χ1v) is 11.4. The van der Waals surface area contributed by atoms with Crippen molar-refractivity contribution in [3.63, 3.8) is 0 Å². The second-order valence-electron chi connectivity index (χ2n) is 10.3. The molecule has 5 heteroatoms. The van der Waals surface area contributed by atoms with E-state index in [1.165, 1.54) is 28.8 Å². The molecule has 0 amide bonds. The smallest absolute Gasteiger partial charge is 0.126 e. The van der Waals surface area contributed by atoms with Gasteiger partial charge in [-0.3, -0.25) is 0 Å². The van der Waals surface area contributed by atoms with Crippen molar-refractivity contribution < 1.29 is 13.9 Å². The Morgan fingerprint density at radius 3 is 2.47 bits per heavy atom. The molecule has 32 heavy (non-hydrogen) atoms. The summed E-state index contributed by atoms with van der Waals surface area (Å²) in [7, 11) is 0. The van der Waals surface area contributed by atoms with Crippen molar-refractivity contribution >= 4 is 0 Å². The second-order valence-corrected chi connectivity index (χ2v) is 10.3. The molecule has 2 aromatic rings. The van der Waals surface area contributed by atoms with Crippen LogP contribution in [0.2, 0.25) is 0 Å². The molecular formula is C27H36F2N2O. The number of hydrogen-bond donors (Lipinski definition) is 3. The first-order chi connectivity index (χ1) is 15.0. The molecule has 0 spiro atoms. The summed E-state index contributed by atoms with van der Waals surface area (Å²) in [4.78, 5) is 0.